The molecule has 3 aromatic rings. The molecule has 3 aromatic carbocycles. The van der Waals surface area contributed by atoms with E-state index in [0.29, 0.717) is 17.9 Å². The Labute approximate surface area is 247 Å². The highest BCUT2D eigenvalue weighted by molar-refractivity contribution is 6.32. The predicted octanol–water partition coefficient (Wildman–Crippen LogP) is 3.37. The molecule has 0 aliphatic rings. The zero-order valence-corrected chi connectivity index (χ0v) is 24.7. The standard InChI is InChI=1S/C31H40BN3O7/c1-20(2)16-29(42-32(38)39)35-30(36)21(3)33-31(37)26(17-22-14-15-27(40-4)28(18-22)41-5)34-25-13-9-12-24(19-25)23-10-7-6-8-11-23/h6-15,18-21,26,29,34,38-39H,16-17H2,1-5H3,(H,33,37)(H,35,36)/t21-,26-,29+/m0/s1. The van der Waals surface area contributed by atoms with Crippen LogP contribution in [0.1, 0.15) is 32.8 Å². The van der Waals surface area contributed by atoms with Crippen molar-refractivity contribution in [2.45, 2.75) is 51.9 Å². The lowest BCUT2D eigenvalue weighted by Gasteiger charge is -2.25. The Balaban J connectivity index is 1.82. The molecule has 0 aliphatic carbocycles. The number of amides is 2. The van der Waals surface area contributed by atoms with Gasteiger partial charge in [0.1, 0.15) is 18.3 Å². The smallest absolute Gasteiger partial charge is 0.493 e. The van der Waals surface area contributed by atoms with E-state index in [4.69, 9.17) is 14.1 Å². The summed E-state index contributed by atoms with van der Waals surface area (Å²) >= 11 is 0. The second-order valence-electron chi connectivity index (χ2n) is 10.4. The normalized spacial score (nSPS) is 13.0. The maximum absolute atomic E-state index is 13.6. The number of ether oxygens (including phenoxy) is 2. The van der Waals surface area contributed by atoms with E-state index in [9.17, 15) is 19.6 Å². The molecule has 3 rings (SSSR count). The van der Waals surface area contributed by atoms with Gasteiger partial charge in [-0.25, -0.2) is 0 Å². The van der Waals surface area contributed by atoms with Gasteiger partial charge in [-0.15, -0.1) is 0 Å². The minimum absolute atomic E-state index is 0.112. The number of anilines is 1. The Morgan fingerprint density at radius 2 is 1.50 bits per heavy atom. The third kappa shape index (κ3) is 9.79. The van der Waals surface area contributed by atoms with Gasteiger partial charge < -0.3 is 40.1 Å². The summed E-state index contributed by atoms with van der Waals surface area (Å²) in [5.74, 6) is 0.296. The van der Waals surface area contributed by atoms with E-state index in [2.05, 4.69) is 16.0 Å². The molecule has 224 valence electrons. The highest BCUT2D eigenvalue weighted by Gasteiger charge is 2.27. The van der Waals surface area contributed by atoms with Crippen LogP contribution in [-0.2, 0) is 20.7 Å². The third-order valence-electron chi connectivity index (χ3n) is 6.54. The van der Waals surface area contributed by atoms with Crippen molar-refractivity contribution in [3.63, 3.8) is 0 Å². The number of carbonyl (C=O) groups excluding carboxylic acids is 2. The van der Waals surface area contributed by atoms with Gasteiger partial charge in [0.05, 0.1) is 14.2 Å². The fraction of sp³-hybridized carbons (Fsp3) is 0.355. The molecular weight excluding hydrogens is 537 g/mol. The van der Waals surface area contributed by atoms with Gasteiger partial charge in [0, 0.05) is 12.1 Å². The third-order valence-corrected chi connectivity index (χ3v) is 6.54. The number of methoxy groups -OCH3 is 2. The van der Waals surface area contributed by atoms with Crippen LogP contribution in [0.2, 0.25) is 0 Å². The lowest BCUT2D eigenvalue weighted by molar-refractivity contribution is -0.130. The predicted molar refractivity (Wildman–Crippen MR) is 163 cm³/mol. The van der Waals surface area contributed by atoms with Gasteiger partial charge in [0.25, 0.3) is 0 Å². The van der Waals surface area contributed by atoms with Crippen LogP contribution >= 0.6 is 0 Å². The number of hydrogen-bond donors (Lipinski definition) is 5. The van der Waals surface area contributed by atoms with Gasteiger partial charge in [0.2, 0.25) is 11.8 Å². The van der Waals surface area contributed by atoms with Gasteiger partial charge in [-0.3, -0.25) is 9.59 Å². The molecule has 0 spiro atoms. The molecule has 0 fully saturated rings. The van der Waals surface area contributed by atoms with E-state index >= 15 is 0 Å². The Hall–Kier alpha value is -4.06. The molecule has 11 heteroatoms. The van der Waals surface area contributed by atoms with Crippen LogP contribution < -0.4 is 25.4 Å². The Kier molecular flexibility index (Phi) is 12.2. The second-order valence-corrected chi connectivity index (χ2v) is 10.4. The van der Waals surface area contributed by atoms with Crippen LogP contribution in [0.3, 0.4) is 0 Å². The monoisotopic (exact) mass is 577 g/mol. The minimum atomic E-state index is -2.04. The van der Waals surface area contributed by atoms with Crippen molar-refractivity contribution in [3.05, 3.63) is 78.4 Å². The first-order valence-electron chi connectivity index (χ1n) is 13.8. The zero-order chi connectivity index (χ0) is 30.6. The average Bonchev–Trinajstić information content (AvgIpc) is 2.96. The van der Waals surface area contributed by atoms with Crippen molar-refractivity contribution in [1.29, 1.82) is 0 Å². The van der Waals surface area contributed by atoms with Crippen LogP contribution in [0.15, 0.2) is 72.8 Å². The maximum Gasteiger partial charge on any atom is 0.635 e. The number of hydrogen-bond acceptors (Lipinski definition) is 8. The maximum atomic E-state index is 13.6. The largest absolute Gasteiger partial charge is 0.635 e. The van der Waals surface area contributed by atoms with Gasteiger partial charge in [0.15, 0.2) is 11.5 Å². The number of carbonyl (C=O) groups is 2. The molecule has 3 atom stereocenters. The van der Waals surface area contributed by atoms with Crippen molar-refractivity contribution in [1.82, 2.24) is 10.6 Å². The van der Waals surface area contributed by atoms with Crippen LogP contribution in [0.4, 0.5) is 5.69 Å². The topological polar surface area (TPSA) is 138 Å². The molecular formula is C31H40BN3O7. The molecule has 0 bridgehead atoms. The molecule has 0 unspecified atom stereocenters. The second kappa shape index (κ2) is 15.8. The fourth-order valence-electron chi connectivity index (χ4n) is 4.46. The molecule has 5 N–H and O–H groups in total. The quantitative estimate of drug-likeness (QED) is 0.137. The number of nitrogens with one attached hydrogen (secondary N) is 3. The molecule has 42 heavy (non-hydrogen) atoms. The summed E-state index contributed by atoms with van der Waals surface area (Å²) < 4.78 is 15.8. The van der Waals surface area contributed by atoms with Gasteiger partial charge >= 0.3 is 7.32 Å². The van der Waals surface area contributed by atoms with Crippen LogP contribution in [0.5, 0.6) is 11.5 Å². The first-order chi connectivity index (χ1) is 20.1. The SMILES string of the molecule is COc1ccc(C[C@H](Nc2cccc(-c3ccccc3)c2)C(=O)N[C@@H](C)C(=O)N[C@@H](CC(C)C)OB(O)O)cc1OC. The Morgan fingerprint density at radius 3 is 2.14 bits per heavy atom. The molecule has 0 aliphatic heterocycles. The zero-order valence-electron chi connectivity index (χ0n) is 24.7. The van der Waals surface area contributed by atoms with Crippen LogP contribution in [0, 0.1) is 5.92 Å². The summed E-state index contributed by atoms with van der Waals surface area (Å²) in [6.45, 7) is 5.38. The van der Waals surface area contributed by atoms with Gasteiger partial charge in [-0.1, -0.05) is 62.4 Å². The van der Waals surface area contributed by atoms with E-state index in [-0.39, 0.29) is 12.3 Å². The van der Waals surface area contributed by atoms with E-state index in [1.54, 1.807) is 27.2 Å². The molecule has 0 radical (unpaired) electrons. The Bertz CT molecular complexity index is 1300. The van der Waals surface area contributed by atoms with Crippen LogP contribution in [-0.4, -0.2) is 61.7 Å². The fourth-order valence-corrected chi connectivity index (χ4v) is 4.46. The van der Waals surface area contributed by atoms with Gasteiger partial charge in [-0.2, -0.15) is 0 Å². The molecule has 0 saturated carbocycles. The lowest BCUT2D eigenvalue weighted by Crippen LogP contribution is -2.53. The summed E-state index contributed by atoms with van der Waals surface area (Å²) in [5.41, 5.74) is 3.58. The highest BCUT2D eigenvalue weighted by Crippen LogP contribution is 2.29. The van der Waals surface area contributed by atoms with Crippen molar-refractivity contribution in [3.8, 4) is 22.6 Å². The van der Waals surface area contributed by atoms with E-state index < -0.39 is 37.4 Å². The van der Waals surface area contributed by atoms with Gasteiger partial charge in [-0.05, 0) is 60.2 Å². The summed E-state index contributed by atoms with van der Waals surface area (Å²) in [4.78, 5) is 26.5. The van der Waals surface area contributed by atoms with Crippen molar-refractivity contribution in [2.75, 3.05) is 19.5 Å². The molecule has 2 amide bonds. The molecule has 0 saturated heterocycles. The summed E-state index contributed by atoms with van der Waals surface area (Å²) in [6.07, 6.45) is -0.296. The Morgan fingerprint density at radius 1 is 0.810 bits per heavy atom. The summed E-state index contributed by atoms with van der Waals surface area (Å²) in [5, 5.41) is 27.2. The summed E-state index contributed by atoms with van der Waals surface area (Å²) in [6, 6.07) is 21.4. The van der Waals surface area contributed by atoms with E-state index in [1.165, 1.54) is 0 Å². The van der Waals surface area contributed by atoms with Crippen molar-refractivity contribution in [2.24, 2.45) is 5.92 Å². The van der Waals surface area contributed by atoms with Crippen LogP contribution in [0.25, 0.3) is 11.1 Å². The number of benzene rings is 3. The molecule has 10 nitrogen and oxygen atoms in total. The number of rotatable bonds is 15. The summed E-state index contributed by atoms with van der Waals surface area (Å²) in [7, 11) is 1.06. The average molecular weight is 577 g/mol. The highest BCUT2D eigenvalue weighted by atomic mass is 16.6. The molecule has 0 aromatic heterocycles. The lowest BCUT2D eigenvalue weighted by atomic mass is 10.0. The van der Waals surface area contributed by atoms with E-state index in [1.807, 2.05) is 80.6 Å². The first-order valence-corrected chi connectivity index (χ1v) is 13.8. The van der Waals surface area contributed by atoms with Crippen molar-refractivity contribution < 1.29 is 33.8 Å². The minimum Gasteiger partial charge on any atom is -0.493 e. The van der Waals surface area contributed by atoms with E-state index in [0.717, 1.165) is 22.4 Å². The van der Waals surface area contributed by atoms with Crippen molar-refractivity contribution >= 4 is 24.8 Å². The molecule has 0 heterocycles. The first kappa shape index (κ1) is 32.5.